The predicted octanol–water partition coefficient (Wildman–Crippen LogP) is 4.48. The molecule has 1 saturated carbocycles. The summed E-state index contributed by atoms with van der Waals surface area (Å²) in [7, 11) is 1.64. The monoisotopic (exact) mass is 353 g/mol. The second-order valence-electron chi connectivity index (χ2n) is 6.49. The molecule has 2 aliphatic rings. The van der Waals surface area contributed by atoms with Gasteiger partial charge in [0.05, 0.1) is 0 Å². The highest BCUT2D eigenvalue weighted by Crippen LogP contribution is 2.28. The molecule has 0 bridgehead atoms. The van der Waals surface area contributed by atoms with E-state index in [1.165, 1.54) is 55.6 Å². The van der Waals surface area contributed by atoms with Crippen molar-refractivity contribution in [1.82, 2.24) is 4.90 Å². The van der Waals surface area contributed by atoms with E-state index in [-0.39, 0.29) is 5.91 Å². The molecular weight excluding hydrogens is 321 g/mol. The molecule has 0 spiro atoms. The minimum atomic E-state index is -0.679. The molecule has 1 fully saturated rings. The Balaban J connectivity index is 0.000000235. The molecule has 4 nitrogen and oxygen atoms in total. The standard InChI is InChI=1S/C9H8FNO2.C9H18O.C2H6/c1-11-4-5-2-7(10)8(12)3-6(5)9(11)13;10-8-4-7-9-5-2-1-3-6-9;1-2/h2-3,12H,4H2,1H3;9-10H,1-8H2;1-2H3. The Bertz CT molecular complexity index is 542. The summed E-state index contributed by atoms with van der Waals surface area (Å²) < 4.78 is 12.8. The van der Waals surface area contributed by atoms with Crippen LogP contribution >= 0.6 is 0 Å². The molecular formula is C20H32FNO3. The molecule has 3 rings (SSSR count). The minimum Gasteiger partial charge on any atom is -0.505 e. The first kappa shape index (κ1) is 21.4. The van der Waals surface area contributed by atoms with Gasteiger partial charge in [0, 0.05) is 25.8 Å². The number of carbonyl (C=O) groups is 1. The fraction of sp³-hybridized carbons (Fsp3) is 0.650. The molecule has 1 aliphatic carbocycles. The van der Waals surface area contributed by atoms with Crippen LogP contribution < -0.4 is 0 Å². The maximum absolute atomic E-state index is 12.8. The van der Waals surface area contributed by atoms with Crippen LogP contribution in [0, 0.1) is 11.7 Å². The molecule has 25 heavy (non-hydrogen) atoms. The number of hydrogen-bond donors (Lipinski definition) is 2. The first-order valence-electron chi connectivity index (χ1n) is 9.40. The molecule has 0 atom stereocenters. The highest BCUT2D eigenvalue weighted by Gasteiger charge is 2.25. The van der Waals surface area contributed by atoms with Crippen LogP contribution in [0.2, 0.25) is 0 Å². The average molecular weight is 353 g/mol. The van der Waals surface area contributed by atoms with Crippen LogP contribution in [-0.2, 0) is 6.54 Å². The summed E-state index contributed by atoms with van der Waals surface area (Å²) in [5.74, 6) is -0.379. The van der Waals surface area contributed by atoms with Crippen molar-refractivity contribution in [1.29, 1.82) is 0 Å². The lowest BCUT2D eigenvalue weighted by Gasteiger charge is -2.20. The molecule has 0 aromatic heterocycles. The van der Waals surface area contributed by atoms with E-state index in [1.807, 2.05) is 13.8 Å². The van der Waals surface area contributed by atoms with E-state index in [1.54, 1.807) is 7.05 Å². The van der Waals surface area contributed by atoms with Gasteiger partial charge >= 0.3 is 0 Å². The number of aromatic hydroxyl groups is 1. The summed E-state index contributed by atoms with van der Waals surface area (Å²) in [6.07, 6.45) is 9.41. The Hall–Kier alpha value is -1.62. The smallest absolute Gasteiger partial charge is 0.254 e. The highest BCUT2D eigenvalue weighted by atomic mass is 19.1. The van der Waals surface area contributed by atoms with Crippen LogP contribution in [0.1, 0.15) is 74.7 Å². The first-order valence-corrected chi connectivity index (χ1v) is 9.40. The van der Waals surface area contributed by atoms with E-state index in [9.17, 15) is 9.18 Å². The Labute approximate surface area is 150 Å². The van der Waals surface area contributed by atoms with Crippen molar-refractivity contribution in [3.8, 4) is 5.75 Å². The van der Waals surface area contributed by atoms with E-state index in [0.29, 0.717) is 24.3 Å². The normalized spacial score (nSPS) is 16.5. The zero-order valence-corrected chi connectivity index (χ0v) is 15.7. The fourth-order valence-electron chi connectivity index (χ4n) is 3.32. The van der Waals surface area contributed by atoms with Crippen LogP contribution in [0.25, 0.3) is 0 Å². The molecule has 1 aliphatic heterocycles. The van der Waals surface area contributed by atoms with Gasteiger partial charge in [0.25, 0.3) is 5.91 Å². The Kier molecular flexibility index (Phi) is 9.50. The molecule has 0 saturated heterocycles. The number of aliphatic hydroxyl groups excluding tert-OH is 1. The van der Waals surface area contributed by atoms with Crippen molar-refractivity contribution in [2.45, 2.75) is 65.3 Å². The second-order valence-corrected chi connectivity index (χ2v) is 6.49. The van der Waals surface area contributed by atoms with E-state index < -0.39 is 11.6 Å². The van der Waals surface area contributed by atoms with Crippen molar-refractivity contribution in [3.63, 3.8) is 0 Å². The molecule has 142 valence electrons. The largest absolute Gasteiger partial charge is 0.505 e. The van der Waals surface area contributed by atoms with Gasteiger partial charge < -0.3 is 15.1 Å². The number of halogens is 1. The van der Waals surface area contributed by atoms with E-state index in [4.69, 9.17) is 10.2 Å². The summed E-state index contributed by atoms with van der Waals surface area (Å²) in [6, 6.07) is 2.38. The number of nitrogens with zero attached hydrogens (tertiary/aromatic N) is 1. The molecule has 0 unspecified atom stereocenters. The van der Waals surface area contributed by atoms with Crippen molar-refractivity contribution in [2.75, 3.05) is 13.7 Å². The molecule has 1 amide bonds. The number of fused-ring (bicyclic) bond motifs is 1. The van der Waals surface area contributed by atoms with Gasteiger partial charge in [0.1, 0.15) is 0 Å². The zero-order valence-electron chi connectivity index (χ0n) is 15.7. The third-order valence-electron chi connectivity index (χ3n) is 4.65. The number of hydrogen-bond acceptors (Lipinski definition) is 3. The lowest BCUT2D eigenvalue weighted by molar-refractivity contribution is 0.0816. The number of amides is 1. The third kappa shape index (κ3) is 6.31. The third-order valence-corrected chi connectivity index (χ3v) is 4.65. The second kappa shape index (κ2) is 11.1. The van der Waals surface area contributed by atoms with Gasteiger partial charge in [-0.1, -0.05) is 46.0 Å². The van der Waals surface area contributed by atoms with Gasteiger partial charge in [0.2, 0.25) is 0 Å². The zero-order chi connectivity index (χ0) is 18.8. The van der Waals surface area contributed by atoms with Gasteiger partial charge in [-0.15, -0.1) is 0 Å². The highest BCUT2D eigenvalue weighted by molar-refractivity contribution is 5.98. The van der Waals surface area contributed by atoms with E-state index in [2.05, 4.69) is 0 Å². The first-order chi connectivity index (χ1) is 12.0. The van der Waals surface area contributed by atoms with Gasteiger partial charge in [-0.3, -0.25) is 4.79 Å². The van der Waals surface area contributed by atoms with Crippen molar-refractivity contribution < 1.29 is 19.4 Å². The Morgan fingerprint density at radius 2 is 1.84 bits per heavy atom. The number of aliphatic hydroxyl groups is 1. The van der Waals surface area contributed by atoms with Gasteiger partial charge in [-0.2, -0.15) is 0 Å². The van der Waals surface area contributed by atoms with Gasteiger partial charge in [-0.05, 0) is 36.5 Å². The van der Waals surface area contributed by atoms with Crippen molar-refractivity contribution >= 4 is 5.91 Å². The SMILES string of the molecule is CC.CN1Cc2cc(F)c(O)cc2C1=O.OCCCC1CCCCC1. The van der Waals surface area contributed by atoms with E-state index >= 15 is 0 Å². The fourth-order valence-corrected chi connectivity index (χ4v) is 3.32. The van der Waals surface area contributed by atoms with Crippen LogP contribution in [-0.4, -0.2) is 34.7 Å². The number of rotatable bonds is 3. The maximum Gasteiger partial charge on any atom is 0.254 e. The summed E-state index contributed by atoms with van der Waals surface area (Å²) in [5.41, 5.74) is 1.02. The average Bonchev–Trinajstić information content (AvgIpc) is 2.91. The van der Waals surface area contributed by atoms with Crippen LogP contribution in [0.15, 0.2) is 12.1 Å². The van der Waals surface area contributed by atoms with Crippen molar-refractivity contribution in [3.05, 3.63) is 29.1 Å². The Morgan fingerprint density at radius 1 is 1.20 bits per heavy atom. The summed E-state index contributed by atoms with van der Waals surface area (Å²) in [4.78, 5) is 12.8. The lowest BCUT2D eigenvalue weighted by Crippen LogP contribution is -2.17. The molecule has 0 radical (unpaired) electrons. The minimum absolute atomic E-state index is 0.176. The van der Waals surface area contributed by atoms with Gasteiger partial charge in [0.15, 0.2) is 11.6 Å². The maximum atomic E-state index is 12.8. The molecule has 1 heterocycles. The van der Waals surface area contributed by atoms with Crippen LogP contribution in [0.5, 0.6) is 5.75 Å². The topological polar surface area (TPSA) is 60.8 Å². The molecule has 1 aromatic rings. The molecule has 1 aromatic carbocycles. The molecule has 5 heteroatoms. The van der Waals surface area contributed by atoms with Crippen molar-refractivity contribution in [2.24, 2.45) is 5.92 Å². The van der Waals surface area contributed by atoms with E-state index in [0.717, 1.165) is 12.3 Å². The summed E-state index contributed by atoms with van der Waals surface area (Å²) >= 11 is 0. The lowest BCUT2D eigenvalue weighted by atomic mass is 9.86. The van der Waals surface area contributed by atoms with Gasteiger partial charge in [-0.25, -0.2) is 4.39 Å². The number of phenols is 1. The molecule has 2 N–H and O–H groups in total. The predicted molar refractivity (Wildman–Crippen MR) is 98.1 cm³/mol. The van der Waals surface area contributed by atoms with Crippen LogP contribution in [0.3, 0.4) is 0 Å². The van der Waals surface area contributed by atoms with Crippen LogP contribution in [0.4, 0.5) is 4.39 Å². The Morgan fingerprint density at radius 3 is 2.44 bits per heavy atom. The number of phenolic OH excluding ortho intramolecular Hbond substituents is 1. The number of carbonyl (C=O) groups excluding carboxylic acids is 1. The number of benzene rings is 1. The summed E-state index contributed by atoms with van der Waals surface area (Å²) in [5, 5.41) is 17.6. The quantitative estimate of drug-likeness (QED) is 0.842. The summed E-state index contributed by atoms with van der Waals surface area (Å²) in [6.45, 7) is 4.79.